The lowest BCUT2D eigenvalue weighted by Crippen LogP contribution is -2.56. The Morgan fingerprint density at radius 1 is 1.25 bits per heavy atom. The van der Waals surface area contributed by atoms with E-state index in [-0.39, 0.29) is 0 Å². The van der Waals surface area contributed by atoms with Crippen LogP contribution in [0.1, 0.15) is 47.0 Å². The molecule has 3 aliphatic rings. The van der Waals surface area contributed by atoms with E-state index in [0.29, 0.717) is 5.41 Å². The van der Waals surface area contributed by atoms with Crippen LogP contribution >= 0.6 is 0 Å². The van der Waals surface area contributed by atoms with E-state index in [2.05, 4.69) is 27.7 Å². The molecule has 2 unspecified atom stereocenters. The van der Waals surface area contributed by atoms with Crippen molar-refractivity contribution in [1.29, 1.82) is 0 Å². The first-order chi connectivity index (χ1) is 5.56. The Balaban J connectivity index is 2.18. The Labute approximate surface area is 76.7 Å². The highest BCUT2D eigenvalue weighted by atomic mass is 14.6. The smallest absolute Gasteiger partial charge is 0.0243 e. The minimum atomic E-state index is 0.706. The molecule has 12 heavy (non-hydrogen) atoms. The summed E-state index contributed by atoms with van der Waals surface area (Å²) in [5.74, 6) is 4.02. The van der Waals surface area contributed by atoms with Crippen LogP contribution in [0.5, 0.6) is 0 Å². The quantitative estimate of drug-likeness (QED) is 0.557. The van der Waals surface area contributed by atoms with Gasteiger partial charge in [0.05, 0.1) is 0 Å². The molecule has 0 saturated heterocycles. The fourth-order valence-corrected chi connectivity index (χ4v) is 3.80. The molecule has 4 atom stereocenters. The highest BCUT2D eigenvalue weighted by Gasteiger charge is 2.56. The second-order valence-electron chi connectivity index (χ2n) is 5.61. The molecule has 0 aromatic carbocycles. The van der Waals surface area contributed by atoms with Crippen LogP contribution in [0.3, 0.4) is 0 Å². The summed E-state index contributed by atoms with van der Waals surface area (Å²) in [5.41, 5.74) is 0.706. The molecule has 0 radical (unpaired) electrons. The van der Waals surface area contributed by atoms with Crippen LogP contribution in [0.4, 0.5) is 0 Å². The van der Waals surface area contributed by atoms with Gasteiger partial charge >= 0.3 is 0 Å². The Bertz CT molecular complexity index is 180. The van der Waals surface area contributed by atoms with Gasteiger partial charge in [-0.3, -0.25) is 0 Å². The first-order valence-electron chi connectivity index (χ1n) is 5.56. The second-order valence-corrected chi connectivity index (χ2v) is 5.61. The summed E-state index contributed by atoms with van der Waals surface area (Å²) in [4.78, 5) is 0. The molecule has 3 rings (SSSR count). The molecule has 0 heteroatoms. The van der Waals surface area contributed by atoms with Crippen LogP contribution in [0.15, 0.2) is 0 Å². The lowest BCUT2D eigenvalue weighted by atomic mass is 9.42. The van der Waals surface area contributed by atoms with Crippen molar-refractivity contribution in [2.75, 3.05) is 0 Å². The second kappa shape index (κ2) is 2.49. The third kappa shape index (κ3) is 0.843. The van der Waals surface area contributed by atoms with Crippen LogP contribution < -0.4 is 0 Å². The van der Waals surface area contributed by atoms with Gasteiger partial charge in [0.1, 0.15) is 0 Å². The minimum Gasteiger partial charge on any atom is -0.0622 e. The van der Waals surface area contributed by atoms with Gasteiger partial charge in [0.15, 0.2) is 0 Å². The number of hydrogen-bond donors (Lipinski definition) is 0. The third-order valence-electron chi connectivity index (χ3n) is 5.12. The average Bonchev–Trinajstić information content (AvgIpc) is 2.02. The van der Waals surface area contributed by atoms with Gasteiger partial charge in [-0.05, 0) is 41.9 Å². The van der Waals surface area contributed by atoms with Crippen molar-refractivity contribution in [3.05, 3.63) is 0 Å². The van der Waals surface area contributed by atoms with E-state index < -0.39 is 0 Å². The molecule has 0 N–H and O–H groups in total. The summed E-state index contributed by atoms with van der Waals surface area (Å²) in [5, 5.41) is 0. The zero-order valence-corrected chi connectivity index (χ0v) is 8.93. The molecule has 0 spiro atoms. The maximum absolute atomic E-state index is 2.53. The van der Waals surface area contributed by atoms with Crippen molar-refractivity contribution in [2.24, 2.45) is 29.1 Å². The van der Waals surface area contributed by atoms with Gasteiger partial charge < -0.3 is 0 Å². The summed E-state index contributed by atoms with van der Waals surface area (Å²) in [7, 11) is 0. The largest absolute Gasteiger partial charge is 0.0622 e. The van der Waals surface area contributed by atoms with Gasteiger partial charge in [0, 0.05) is 0 Å². The zero-order valence-electron chi connectivity index (χ0n) is 8.93. The van der Waals surface area contributed by atoms with Gasteiger partial charge in [-0.2, -0.15) is 0 Å². The normalized spacial score (nSPS) is 52.2. The lowest BCUT2D eigenvalue weighted by Gasteiger charge is -2.63. The number of rotatable bonds is 1. The summed E-state index contributed by atoms with van der Waals surface area (Å²) in [6.45, 7) is 9.82. The van der Waals surface area contributed by atoms with E-state index in [1.54, 1.807) is 0 Å². The van der Waals surface area contributed by atoms with E-state index in [9.17, 15) is 0 Å². The van der Waals surface area contributed by atoms with Crippen LogP contribution in [-0.2, 0) is 0 Å². The minimum absolute atomic E-state index is 0.706. The van der Waals surface area contributed by atoms with E-state index in [1.807, 2.05) is 0 Å². The number of fused-ring (bicyclic) bond motifs is 2. The van der Waals surface area contributed by atoms with E-state index in [1.165, 1.54) is 19.3 Å². The van der Waals surface area contributed by atoms with Gasteiger partial charge in [0.2, 0.25) is 0 Å². The van der Waals surface area contributed by atoms with Crippen molar-refractivity contribution in [3.63, 3.8) is 0 Å². The molecule has 0 aromatic rings. The summed E-state index contributed by atoms with van der Waals surface area (Å²) < 4.78 is 0. The van der Waals surface area contributed by atoms with Crippen molar-refractivity contribution in [1.82, 2.24) is 0 Å². The molecule has 0 aliphatic heterocycles. The standard InChI is InChI=1S/C12H22/c1-8(2)12(4)10-6-5-9(3)11(12)7-10/h8-11H,5-7H2,1-4H3/t9?,10-,11-,12?/m1/s1. The molecular weight excluding hydrogens is 144 g/mol. The first kappa shape index (κ1) is 8.59. The van der Waals surface area contributed by atoms with Crippen molar-refractivity contribution in [2.45, 2.75) is 47.0 Å². The molecule has 0 nitrogen and oxygen atoms in total. The van der Waals surface area contributed by atoms with Gasteiger partial charge in [-0.1, -0.05) is 34.1 Å². The van der Waals surface area contributed by atoms with Gasteiger partial charge in [0.25, 0.3) is 0 Å². The van der Waals surface area contributed by atoms with Gasteiger partial charge in [-0.25, -0.2) is 0 Å². The maximum Gasteiger partial charge on any atom is -0.0243 e. The van der Waals surface area contributed by atoms with Crippen LogP contribution in [0.25, 0.3) is 0 Å². The van der Waals surface area contributed by atoms with E-state index in [0.717, 1.165) is 23.7 Å². The molecule has 3 fully saturated rings. The zero-order chi connectivity index (χ0) is 8.93. The van der Waals surface area contributed by atoms with E-state index in [4.69, 9.17) is 0 Å². The van der Waals surface area contributed by atoms with E-state index >= 15 is 0 Å². The molecule has 3 saturated carbocycles. The highest BCUT2D eigenvalue weighted by molar-refractivity contribution is 5.05. The fraction of sp³-hybridized carbons (Fsp3) is 1.00. The average molecular weight is 166 g/mol. The fourth-order valence-electron chi connectivity index (χ4n) is 3.80. The predicted molar refractivity (Wildman–Crippen MR) is 52.9 cm³/mol. The molecule has 0 heterocycles. The third-order valence-corrected chi connectivity index (χ3v) is 5.12. The van der Waals surface area contributed by atoms with Crippen molar-refractivity contribution < 1.29 is 0 Å². The molecule has 2 bridgehead atoms. The molecular formula is C12H22. The highest BCUT2D eigenvalue weighted by Crippen LogP contribution is 2.64. The maximum atomic E-state index is 2.53. The monoisotopic (exact) mass is 166 g/mol. The predicted octanol–water partition coefficient (Wildman–Crippen LogP) is 3.71. The Morgan fingerprint density at radius 2 is 1.92 bits per heavy atom. The first-order valence-corrected chi connectivity index (χ1v) is 5.56. The van der Waals surface area contributed by atoms with Gasteiger partial charge in [-0.15, -0.1) is 0 Å². The Hall–Kier alpha value is 0. The van der Waals surface area contributed by atoms with Crippen LogP contribution in [0.2, 0.25) is 0 Å². The van der Waals surface area contributed by atoms with Crippen molar-refractivity contribution >= 4 is 0 Å². The summed E-state index contributed by atoms with van der Waals surface area (Å²) >= 11 is 0. The Kier molecular flexibility index (Phi) is 1.79. The van der Waals surface area contributed by atoms with Crippen molar-refractivity contribution in [3.8, 4) is 0 Å². The molecule has 0 amide bonds. The molecule has 3 aliphatic carbocycles. The Morgan fingerprint density at radius 3 is 2.25 bits per heavy atom. The van der Waals surface area contributed by atoms with Crippen LogP contribution in [-0.4, -0.2) is 0 Å². The molecule has 70 valence electrons. The summed E-state index contributed by atoms with van der Waals surface area (Å²) in [6.07, 6.45) is 4.54. The summed E-state index contributed by atoms with van der Waals surface area (Å²) in [6, 6.07) is 0. The number of hydrogen-bond acceptors (Lipinski definition) is 0. The molecule has 0 aromatic heterocycles. The lowest BCUT2D eigenvalue weighted by molar-refractivity contribution is -0.142. The SMILES string of the molecule is CC1CC[C@@H]2C[C@H]1C2(C)C(C)C. The topological polar surface area (TPSA) is 0 Å². The van der Waals surface area contributed by atoms with Crippen LogP contribution in [0, 0.1) is 29.1 Å².